The van der Waals surface area contributed by atoms with E-state index in [9.17, 15) is 0 Å². The Labute approximate surface area is 483 Å². The Hall–Kier alpha value is -5.62. The summed E-state index contributed by atoms with van der Waals surface area (Å²) in [6, 6.07) is 7.52. The van der Waals surface area contributed by atoms with Crippen LogP contribution < -0.4 is 11.0 Å². The molecule has 0 spiro atoms. The van der Waals surface area contributed by atoms with Crippen molar-refractivity contribution in [2.45, 2.75) is 184 Å². The van der Waals surface area contributed by atoms with E-state index in [1.54, 1.807) is 5.57 Å². The van der Waals surface area contributed by atoms with Crippen molar-refractivity contribution >= 4 is 31.4 Å². The number of fused-ring (bicyclic) bond motifs is 2. The Bertz CT molecular complexity index is 2910. The summed E-state index contributed by atoms with van der Waals surface area (Å²) in [5, 5.41) is 8.26. The number of unbranched alkanes of at least 4 members (excludes halogenated alkanes) is 2. The molecule has 420 valence electrons. The van der Waals surface area contributed by atoms with E-state index in [1.165, 1.54) is 72.4 Å². The maximum Gasteiger partial charge on any atom is 0.288 e. The predicted molar refractivity (Wildman–Crippen MR) is 353 cm³/mol. The lowest BCUT2D eigenvalue weighted by Crippen LogP contribution is -2.46. The van der Waals surface area contributed by atoms with Crippen molar-refractivity contribution < 1.29 is 4.42 Å². The zero-order valence-corrected chi connectivity index (χ0v) is 52.7. The van der Waals surface area contributed by atoms with E-state index >= 15 is 0 Å². The normalized spacial score (nSPS) is 20.4. The van der Waals surface area contributed by atoms with Gasteiger partial charge in [0.1, 0.15) is 5.58 Å². The molecule has 1 aliphatic heterocycles. The number of hydrogen-bond acceptors (Lipinski definition) is 3. The third-order valence-corrected chi connectivity index (χ3v) is 21.6. The SMILES string of the molecule is C=C/C=C\C=C\[Si](/C=C/CCC=C)(C1=CCCC=C1)C(/C=C\CN1C(C)=C(/C=C(\C)C(C)C)B(c2cc3cc4c(cc3o2)C(C)(C)CCC4(C)C)C(CNC2C=CC(CC)=C(C(C)CC)C2)=C1C=C(C)C)=C/CC/C=C\C=C/C. The van der Waals surface area contributed by atoms with Gasteiger partial charge in [-0.2, -0.15) is 0 Å². The first-order valence-electron chi connectivity index (χ1n) is 30.4. The number of rotatable bonds is 26. The van der Waals surface area contributed by atoms with Crippen LogP contribution in [0.1, 0.15) is 179 Å². The molecule has 1 aromatic carbocycles. The van der Waals surface area contributed by atoms with E-state index in [1.807, 2.05) is 18.2 Å². The van der Waals surface area contributed by atoms with Gasteiger partial charge in [0.15, 0.2) is 8.07 Å². The highest BCUT2D eigenvalue weighted by Gasteiger charge is 2.41. The van der Waals surface area contributed by atoms with Gasteiger partial charge < -0.3 is 14.6 Å². The average molecular weight is 1070 g/mol. The molecule has 0 saturated heterocycles. The molecule has 1 aromatic heterocycles. The molecule has 4 aliphatic rings. The summed E-state index contributed by atoms with van der Waals surface area (Å²) in [5.74, 6) is 0.932. The Balaban J connectivity index is 1.60. The smallest absolute Gasteiger partial charge is 0.288 e. The summed E-state index contributed by atoms with van der Waals surface area (Å²) < 4.78 is 7.38. The van der Waals surface area contributed by atoms with Crippen molar-refractivity contribution in [1.29, 1.82) is 0 Å². The summed E-state index contributed by atoms with van der Waals surface area (Å²) >= 11 is 0. The summed E-state index contributed by atoms with van der Waals surface area (Å²) in [4.78, 5) is 2.63. The molecule has 2 heterocycles. The van der Waals surface area contributed by atoms with Crippen LogP contribution in [0.5, 0.6) is 0 Å². The highest BCUT2D eigenvalue weighted by atomic mass is 28.3. The standard InChI is InChI=1S/C74H101BN2OSi/c1-17-22-25-28-29-31-37-64(79(46-34-26-23-18-2,47-35-27-24-19-3)63-38-32-30-33-39-63)40-36-45-77-59(12)68(49-58(11)56(8)9)75(72-51-61-50-66-67(53-71(61)78-72)74(15,16)44-43-73(66,13)14)69(70(77)48-55(6)7)54-76-62-42-41-60(21-5)65(52-62)57(10)20-4/h17-19,22-23,25-26,28,32,34-42,46-51,53,56-57,62,76H,2-3,20-21,24,27,29-31,33,43-45,52,54H2,1,4-16H3/b22-17-,26-23-,28-25-,40-36-,46-34+,47-35+,58-49+,64-37+. The number of hydrogen-bond donors (Lipinski definition) is 1. The molecule has 2 aromatic rings. The maximum absolute atomic E-state index is 7.38. The van der Waals surface area contributed by atoms with Gasteiger partial charge in [0, 0.05) is 35.9 Å². The largest absolute Gasteiger partial charge is 0.470 e. The van der Waals surface area contributed by atoms with E-state index in [0.29, 0.717) is 24.9 Å². The van der Waals surface area contributed by atoms with Crippen LogP contribution in [0.15, 0.2) is 224 Å². The molecule has 1 N–H and O–H groups in total. The van der Waals surface area contributed by atoms with Crippen LogP contribution in [0.2, 0.25) is 0 Å². The van der Waals surface area contributed by atoms with Gasteiger partial charge in [-0.15, -0.1) is 6.58 Å². The highest BCUT2D eigenvalue weighted by Crippen LogP contribution is 2.47. The Morgan fingerprint density at radius 1 is 0.861 bits per heavy atom. The molecule has 3 nitrogen and oxygen atoms in total. The number of benzene rings is 1. The highest BCUT2D eigenvalue weighted by molar-refractivity contribution is 7.01. The van der Waals surface area contributed by atoms with Crippen molar-refractivity contribution in [3.63, 3.8) is 0 Å². The van der Waals surface area contributed by atoms with Gasteiger partial charge in [0.05, 0.1) is 5.66 Å². The first-order valence-corrected chi connectivity index (χ1v) is 32.6. The van der Waals surface area contributed by atoms with Gasteiger partial charge in [0.25, 0.3) is 6.71 Å². The lowest BCUT2D eigenvalue weighted by Gasteiger charge is -2.41. The van der Waals surface area contributed by atoms with Gasteiger partial charge in [-0.05, 0) is 180 Å². The fraction of sp³-hybridized carbons (Fsp3) is 0.432. The number of furan rings is 1. The summed E-state index contributed by atoms with van der Waals surface area (Å²) in [6.45, 7) is 42.1. The minimum absolute atomic E-state index is 0.0775. The molecule has 5 heteroatoms. The fourth-order valence-electron chi connectivity index (χ4n) is 12.0. The van der Waals surface area contributed by atoms with Crippen LogP contribution in [0.3, 0.4) is 0 Å². The molecule has 3 atom stereocenters. The fourth-order valence-corrected chi connectivity index (χ4v) is 15.9. The van der Waals surface area contributed by atoms with E-state index in [4.69, 9.17) is 4.42 Å². The number of nitrogens with zero attached hydrogens (tertiary/aromatic N) is 1. The Morgan fingerprint density at radius 2 is 1.61 bits per heavy atom. The Kier molecular flexibility index (Phi) is 23.1. The first kappa shape index (κ1) is 62.6. The van der Waals surface area contributed by atoms with Crippen LogP contribution in [0.25, 0.3) is 11.0 Å². The minimum atomic E-state index is -2.63. The second-order valence-electron chi connectivity index (χ2n) is 24.7. The van der Waals surface area contributed by atoms with Gasteiger partial charge in [-0.3, -0.25) is 0 Å². The van der Waals surface area contributed by atoms with Crippen molar-refractivity contribution in [3.8, 4) is 0 Å². The molecule has 0 fully saturated rings. The van der Waals surface area contributed by atoms with Crippen LogP contribution in [-0.4, -0.2) is 38.8 Å². The molecule has 3 unspecified atom stereocenters. The van der Waals surface area contributed by atoms with Crippen LogP contribution in [-0.2, 0) is 10.8 Å². The van der Waals surface area contributed by atoms with E-state index in [0.717, 1.165) is 75.5 Å². The summed E-state index contributed by atoms with van der Waals surface area (Å²) in [5.41, 5.74) is 21.1. The van der Waals surface area contributed by atoms with Gasteiger partial charge in [-0.1, -0.05) is 223 Å². The quantitative estimate of drug-likeness (QED) is 0.0440. The van der Waals surface area contributed by atoms with Gasteiger partial charge >= 0.3 is 0 Å². The molecule has 0 radical (unpaired) electrons. The predicted octanol–water partition coefficient (Wildman–Crippen LogP) is 19.7. The zero-order chi connectivity index (χ0) is 57.3. The minimum Gasteiger partial charge on any atom is -0.470 e. The molecule has 3 aliphatic carbocycles. The molecular weight excluding hydrogens is 972 g/mol. The molecule has 0 bridgehead atoms. The third kappa shape index (κ3) is 15.6. The zero-order valence-electron chi connectivity index (χ0n) is 51.7. The van der Waals surface area contributed by atoms with E-state index < -0.39 is 8.07 Å². The lowest BCUT2D eigenvalue weighted by atomic mass is 9.35. The van der Waals surface area contributed by atoms with E-state index in [2.05, 4.69) is 253 Å². The second-order valence-corrected chi connectivity index (χ2v) is 28.3. The van der Waals surface area contributed by atoms with Crippen molar-refractivity contribution in [1.82, 2.24) is 10.2 Å². The topological polar surface area (TPSA) is 28.4 Å². The monoisotopic (exact) mass is 1070 g/mol. The molecule has 6 rings (SSSR count). The van der Waals surface area contributed by atoms with Crippen molar-refractivity contribution in [2.75, 3.05) is 13.1 Å². The van der Waals surface area contributed by atoms with Crippen molar-refractivity contribution in [2.24, 2.45) is 11.8 Å². The molecule has 0 saturated carbocycles. The second kappa shape index (κ2) is 29.2. The summed E-state index contributed by atoms with van der Waals surface area (Å²) in [7, 11) is -2.63. The van der Waals surface area contributed by atoms with Gasteiger partial charge in [0.2, 0.25) is 0 Å². The number of nitrogens with one attached hydrogen (secondary N) is 1. The van der Waals surface area contributed by atoms with Crippen molar-refractivity contribution in [3.05, 3.63) is 230 Å². The average Bonchev–Trinajstić information content (AvgIpc) is 3.97. The van der Waals surface area contributed by atoms with Crippen LogP contribution >= 0.6 is 0 Å². The summed E-state index contributed by atoms with van der Waals surface area (Å²) in [6.07, 6.45) is 57.7. The molecule has 79 heavy (non-hydrogen) atoms. The van der Waals surface area contributed by atoms with E-state index in [-0.39, 0.29) is 23.6 Å². The van der Waals surface area contributed by atoms with Crippen LogP contribution in [0, 0.1) is 11.8 Å². The van der Waals surface area contributed by atoms with Crippen LogP contribution in [0.4, 0.5) is 0 Å². The first-order chi connectivity index (χ1) is 37.9. The number of allylic oxidation sites excluding steroid dienone is 25. The maximum atomic E-state index is 7.38. The molecule has 0 amide bonds. The molecular formula is C74H101BN2OSi. The van der Waals surface area contributed by atoms with Gasteiger partial charge in [-0.25, -0.2) is 0 Å². The Morgan fingerprint density at radius 3 is 2.27 bits per heavy atom. The third-order valence-electron chi connectivity index (χ3n) is 17.4. The lowest BCUT2D eigenvalue weighted by molar-refractivity contribution is 0.332.